The van der Waals surface area contributed by atoms with Gasteiger partial charge in [-0.1, -0.05) is 6.08 Å². The van der Waals surface area contributed by atoms with E-state index in [9.17, 15) is 14.9 Å². The lowest BCUT2D eigenvalue weighted by Crippen LogP contribution is -1.92. The zero-order valence-corrected chi connectivity index (χ0v) is 8.71. The van der Waals surface area contributed by atoms with Crippen LogP contribution in [0.2, 0.25) is 0 Å². The molecule has 0 saturated carbocycles. The first-order chi connectivity index (χ1) is 7.50. The highest BCUT2D eigenvalue weighted by atomic mass is 16.6. The van der Waals surface area contributed by atoms with Crippen LogP contribution < -0.4 is 0 Å². The molecule has 0 aliphatic heterocycles. The number of rotatable bonds is 4. The van der Waals surface area contributed by atoms with Crippen molar-refractivity contribution in [2.45, 2.75) is 13.3 Å². The lowest BCUT2D eigenvalue weighted by Gasteiger charge is -2.00. The summed E-state index contributed by atoms with van der Waals surface area (Å²) in [6.45, 7) is 1.77. The van der Waals surface area contributed by atoms with Gasteiger partial charge >= 0.3 is 5.97 Å². The number of aliphatic carboxylic acids is 1. The largest absolute Gasteiger partial charge is 0.481 e. The molecule has 84 valence electrons. The van der Waals surface area contributed by atoms with Gasteiger partial charge in [0.15, 0.2) is 0 Å². The second-order valence-electron chi connectivity index (χ2n) is 3.29. The summed E-state index contributed by atoms with van der Waals surface area (Å²) >= 11 is 0. The molecule has 0 fully saturated rings. The molecule has 0 bridgehead atoms. The molecule has 0 saturated heterocycles. The summed E-state index contributed by atoms with van der Waals surface area (Å²) in [6, 6.07) is 6.00. The Hall–Kier alpha value is -2.17. The third-order valence-corrected chi connectivity index (χ3v) is 2.12. The Balaban J connectivity index is 2.85. The fourth-order valence-electron chi connectivity index (χ4n) is 1.20. The number of nitro groups is 1. The summed E-state index contributed by atoms with van der Waals surface area (Å²) in [4.78, 5) is 20.3. The first kappa shape index (κ1) is 11.9. The first-order valence-electron chi connectivity index (χ1n) is 4.64. The summed E-state index contributed by atoms with van der Waals surface area (Å²) in [5.41, 5.74) is 1.60. The Morgan fingerprint density at radius 2 is 2.00 bits per heavy atom. The van der Waals surface area contributed by atoms with Crippen LogP contribution in [0.25, 0.3) is 5.57 Å². The van der Waals surface area contributed by atoms with Crippen molar-refractivity contribution in [3.05, 3.63) is 46.0 Å². The molecule has 0 aliphatic rings. The van der Waals surface area contributed by atoms with E-state index in [1.165, 1.54) is 12.1 Å². The zero-order chi connectivity index (χ0) is 12.1. The lowest BCUT2D eigenvalue weighted by molar-refractivity contribution is -0.384. The Kier molecular flexibility index (Phi) is 3.77. The maximum atomic E-state index is 10.4. The fraction of sp³-hybridized carbons (Fsp3) is 0.182. The highest BCUT2D eigenvalue weighted by molar-refractivity contribution is 5.73. The molecule has 5 nitrogen and oxygen atoms in total. The Morgan fingerprint density at radius 1 is 1.44 bits per heavy atom. The van der Waals surface area contributed by atoms with Crippen molar-refractivity contribution in [1.82, 2.24) is 0 Å². The van der Waals surface area contributed by atoms with Crippen molar-refractivity contribution in [1.29, 1.82) is 0 Å². The Morgan fingerprint density at radius 3 is 2.44 bits per heavy atom. The number of benzene rings is 1. The van der Waals surface area contributed by atoms with Gasteiger partial charge in [-0.15, -0.1) is 0 Å². The van der Waals surface area contributed by atoms with Crippen molar-refractivity contribution in [3.63, 3.8) is 0 Å². The summed E-state index contributed by atoms with van der Waals surface area (Å²) in [6.07, 6.45) is 1.52. The van der Waals surface area contributed by atoms with E-state index in [1.54, 1.807) is 25.1 Å². The van der Waals surface area contributed by atoms with Crippen molar-refractivity contribution in [2.75, 3.05) is 0 Å². The smallest absolute Gasteiger partial charge is 0.307 e. The highest BCUT2D eigenvalue weighted by Crippen LogP contribution is 2.18. The lowest BCUT2D eigenvalue weighted by atomic mass is 10.1. The molecule has 0 aliphatic carbocycles. The molecule has 0 amide bonds. The Bertz CT molecular complexity index is 434. The molecule has 0 aromatic heterocycles. The van der Waals surface area contributed by atoms with Crippen LogP contribution in [-0.2, 0) is 4.79 Å². The molecule has 0 heterocycles. The van der Waals surface area contributed by atoms with Crippen molar-refractivity contribution in [3.8, 4) is 0 Å². The average Bonchev–Trinajstić information content (AvgIpc) is 2.26. The van der Waals surface area contributed by atoms with Gasteiger partial charge in [0, 0.05) is 12.1 Å². The van der Waals surface area contributed by atoms with Crippen LogP contribution in [0.5, 0.6) is 0 Å². The fourth-order valence-corrected chi connectivity index (χ4v) is 1.20. The minimum atomic E-state index is -0.902. The minimum Gasteiger partial charge on any atom is -0.481 e. The number of allylic oxidation sites excluding steroid dienone is 1. The van der Waals surface area contributed by atoms with Gasteiger partial charge in [-0.25, -0.2) is 0 Å². The number of nitrogens with zero attached hydrogens (tertiary/aromatic N) is 1. The third kappa shape index (κ3) is 3.20. The molecule has 1 N–H and O–H groups in total. The molecule has 1 aromatic carbocycles. The molecule has 0 radical (unpaired) electrons. The molecular formula is C11H11NO4. The molecular weight excluding hydrogens is 210 g/mol. The molecule has 0 unspecified atom stereocenters. The van der Waals surface area contributed by atoms with Crippen LogP contribution in [0.15, 0.2) is 30.3 Å². The minimum absolute atomic E-state index is 0.0229. The molecule has 5 heteroatoms. The van der Waals surface area contributed by atoms with Crippen LogP contribution >= 0.6 is 0 Å². The van der Waals surface area contributed by atoms with Crippen molar-refractivity contribution in [2.24, 2.45) is 0 Å². The molecule has 16 heavy (non-hydrogen) atoms. The molecule has 1 rings (SSSR count). The van der Waals surface area contributed by atoms with Gasteiger partial charge in [0.1, 0.15) is 0 Å². The van der Waals surface area contributed by atoms with Crippen LogP contribution in [-0.4, -0.2) is 16.0 Å². The van der Waals surface area contributed by atoms with E-state index < -0.39 is 10.9 Å². The van der Waals surface area contributed by atoms with Crippen LogP contribution in [0.4, 0.5) is 5.69 Å². The van der Waals surface area contributed by atoms with Gasteiger partial charge in [0.2, 0.25) is 0 Å². The summed E-state index contributed by atoms with van der Waals surface area (Å²) in [5, 5.41) is 18.9. The van der Waals surface area contributed by atoms with Gasteiger partial charge in [0.25, 0.3) is 5.69 Å². The van der Waals surface area contributed by atoms with Gasteiger partial charge in [0.05, 0.1) is 11.3 Å². The third-order valence-electron chi connectivity index (χ3n) is 2.12. The second kappa shape index (κ2) is 5.06. The summed E-state index contributed by atoms with van der Waals surface area (Å²) < 4.78 is 0. The van der Waals surface area contributed by atoms with E-state index in [4.69, 9.17) is 5.11 Å². The van der Waals surface area contributed by atoms with Gasteiger partial charge in [-0.2, -0.15) is 0 Å². The number of hydrogen-bond donors (Lipinski definition) is 1. The van der Waals surface area contributed by atoms with Gasteiger partial charge < -0.3 is 5.11 Å². The van der Waals surface area contributed by atoms with Crippen molar-refractivity contribution >= 4 is 17.2 Å². The zero-order valence-electron chi connectivity index (χ0n) is 8.71. The van der Waals surface area contributed by atoms with E-state index in [1.807, 2.05) is 0 Å². The van der Waals surface area contributed by atoms with E-state index in [2.05, 4.69) is 0 Å². The molecule has 1 aromatic rings. The maximum Gasteiger partial charge on any atom is 0.307 e. The number of nitro benzene ring substituents is 1. The average molecular weight is 221 g/mol. The number of hydrogen-bond acceptors (Lipinski definition) is 3. The van der Waals surface area contributed by atoms with E-state index >= 15 is 0 Å². The highest BCUT2D eigenvalue weighted by Gasteiger charge is 2.04. The van der Waals surface area contributed by atoms with E-state index in [0.717, 1.165) is 11.1 Å². The summed E-state index contributed by atoms with van der Waals surface area (Å²) in [7, 11) is 0. The number of carbonyl (C=O) groups is 1. The quantitative estimate of drug-likeness (QED) is 0.625. The molecule has 0 spiro atoms. The molecule has 0 atom stereocenters. The predicted octanol–water partition coefficient (Wildman–Crippen LogP) is 2.47. The number of carboxylic acid groups (broad SMARTS) is 1. The second-order valence-corrected chi connectivity index (χ2v) is 3.29. The maximum absolute atomic E-state index is 10.4. The van der Waals surface area contributed by atoms with E-state index in [0.29, 0.717) is 0 Å². The van der Waals surface area contributed by atoms with E-state index in [-0.39, 0.29) is 12.1 Å². The van der Waals surface area contributed by atoms with Crippen LogP contribution in [0.1, 0.15) is 18.9 Å². The van der Waals surface area contributed by atoms with Gasteiger partial charge in [-0.05, 0) is 30.2 Å². The normalized spacial score (nSPS) is 11.2. The topological polar surface area (TPSA) is 80.4 Å². The first-order valence-corrected chi connectivity index (χ1v) is 4.64. The van der Waals surface area contributed by atoms with Gasteiger partial charge in [-0.3, -0.25) is 14.9 Å². The Labute approximate surface area is 92.2 Å². The van der Waals surface area contributed by atoms with Crippen molar-refractivity contribution < 1.29 is 14.8 Å². The standard InChI is InChI=1S/C11H11NO4/c1-8(2-7-11(13)14)9-3-5-10(6-4-9)12(15)16/h2-6H,7H2,1H3,(H,13,14)/b8-2+. The summed E-state index contributed by atoms with van der Waals surface area (Å²) in [5.74, 6) is -0.902. The predicted molar refractivity (Wildman–Crippen MR) is 59.0 cm³/mol. The van der Waals surface area contributed by atoms with Crippen LogP contribution in [0, 0.1) is 10.1 Å². The SMILES string of the molecule is C/C(=C\CC(=O)O)c1ccc([N+](=O)[O-])cc1. The van der Waals surface area contributed by atoms with Crippen LogP contribution in [0.3, 0.4) is 0 Å². The monoisotopic (exact) mass is 221 g/mol. The number of carboxylic acids is 1. The number of non-ortho nitro benzene ring substituents is 1.